The summed E-state index contributed by atoms with van der Waals surface area (Å²) < 4.78 is 0. The Morgan fingerprint density at radius 2 is 2.18 bits per heavy atom. The Balaban J connectivity index is 1.80. The molecule has 1 aromatic heterocycles. The van der Waals surface area contributed by atoms with Crippen LogP contribution in [0.4, 0.5) is 0 Å². The van der Waals surface area contributed by atoms with Crippen LogP contribution in [0.1, 0.15) is 44.1 Å². The zero-order chi connectivity index (χ0) is 15.8. The molecule has 0 radical (unpaired) electrons. The summed E-state index contributed by atoms with van der Waals surface area (Å²) in [7, 11) is 0. The normalized spacial score (nSPS) is 15.3. The third kappa shape index (κ3) is 5.26. The lowest BCUT2D eigenvalue weighted by atomic mass is 9.96. The second-order valence-corrected chi connectivity index (χ2v) is 6.17. The van der Waals surface area contributed by atoms with Gasteiger partial charge in [-0.05, 0) is 49.5 Å². The second-order valence-electron chi connectivity index (χ2n) is 5.79. The molecule has 0 saturated heterocycles. The van der Waals surface area contributed by atoms with Crippen LogP contribution in [0, 0.1) is 5.41 Å². The molecule has 2 rings (SSSR count). The van der Waals surface area contributed by atoms with Gasteiger partial charge in [-0.15, -0.1) is 0 Å². The van der Waals surface area contributed by atoms with E-state index in [9.17, 15) is 0 Å². The molecule has 4 N–H and O–H groups in total. The first-order valence-corrected chi connectivity index (χ1v) is 8.38. The Hall–Kier alpha value is -1.69. The van der Waals surface area contributed by atoms with Crippen LogP contribution >= 0.6 is 12.2 Å². The Morgan fingerprint density at radius 3 is 2.82 bits per heavy atom. The number of pyridine rings is 1. The van der Waals surface area contributed by atoms with Gasteiger partial charge in [-0.3, -0.25) is 15.3 Å². The molecule has 120 valence electrons. The highest BCUT2D eigenvalue weighted by Gasteiger charge is 2.18. The Labute approximate surface area is 137 Å². The molecule has 22 heavy (non-hydrogen) atoms. The minimum Gasteiger partial charge on any atom is -0.370 e. The maximum absolute atomic E-state index is 7.75. The van der Waals surface area contributed by atoms with E-state index in [1.54, 1.807) is 11.1 Å². The van der Waals surface area contributed by atoms with Gasteiger partial charge in [0.15, 0.2) is 11.1 Å². The summed E-state index contributed by atoms with van der Waals surface area (Å²) in [6.45, 7) is 0.656. The van der Waals surface area contributed by atoms with E-state index in [1.807, 2.05) is 12.3 Å². The fourth-order valence-electron chi connectivity index (χ4n) is 2.82. The maximum Gasteiger partial charge on any atom is 0.194 e. The van der Waals surface area contributed by atoms with Crippen LogP contribution < -0.4 is 11.1 Å². The van der Waals surface area contributed by atoms with Crippen LogP contribution in [0.5, 0.6) is 0 Å². The van der Waals surface area contributed by atoms with Crippen LogP contribution in [-0.4, -0.2) is 33.5 Å². The molecule has 1 heterocycles. The third-order valence-corrected chi connectivity index (χ3v) is 4.38. The fourth-order valence-corrected chi connectivity index (χ4v) is 3.17. The lowest BCUT2D eigenvalue weighted by Gasteiger charge is -2.29. The van der Waals surface area contributed by atoms with Crippen LogP contribution in [-0.2, 0) is 6.42 Å². The highest BCUT2D eigenvalue weighted by Crippen LogP contribution is 2.17. The number of thiocarbonyl (C=S) groups is 1. The van der Waals surface area contributed by atoms with Crippen molar-refractivity contribution in [1.82, 2.24) is 15.2 Å². The van der Waals surface area contributed by atoms with E-state index in [4.69, 9.17) is 23.4 Å². The Kier molecular flexibility index (Phi) is 6.58. The van der Waals surface area contributed by atoms with E-state index in [-0.39, 0.29) is 5.96 Å². The smallest absolute Gasteiger partial charge is 0.194 e. The van der Waals surface area contributed by atoms with E-state index in [1.165, 1.54) is 24.8 Å². The molecule has 0 unspecified atom stereocenters. The van der Waals surface area contributed by atoms with Crippen LogP contribution in [0.2, 0.25) is 0 Å². The van der Waals surface area contributed by atoms with Crippen molar-refractivity contribution in [3.8, 4) is 0 Å². The van der Waals surface area contributed by atoms with Crippen molar-refractivity contribution in [2.45, 2.75) is 51.0 Å². The van der Waals surface area contributed by atoms with E-state index in [0.29, 0.717) is 17.7 Å². The van der Waals surface area contributed by atoms with Gasteiger partial charge in [0, 0.05) is 25.0 Å². The lowest BCUT2D eigenvalue weighted by Crippen LogP contribution is -2.50. The zero-order valence-corrected chi connectivity index (χ0v) is 13.7. The summed E-state index contributed by atoms with van der Waals surface area (Å²) in [5, 5.41) is 11.7. The predicted octanol–water partition coefficient (Wildman–Crippen LogP) is 2.42. The second kappa shape index (κ2) is 8.68. The summed E-state index contributed by atoms with van der Waals surface area (Å²) >= 11 is 5.44. The van der Waals surface area contributed by atoms with Crippen LogP contribution in [0.25, 0.3) is 0 Å². The number of hydrogen-bond donors (Lipinski definition) is 3. The molecule has 0 spiro atoms. The maximum atomic E-state index is 7.75. The molecule has 1 aliphatic carbocycles. The molecule has 5 nitrogen and oxygen atoms in total. The summed E-state index contributed by atoms with van der Waals surface area (Å²) in [6, 6.07) is 4.43. The van der Waals surface area contributed by atoms with Gasteiger partial charge in [0.05, 0.1) is 0 Å². The molecular formula is C16H25N5S. The van der Waals surface area contributed by atoms with Gasteiger partial charge < -0.3 is 11.1 Å². The minimum atomic E-state index is 0.0134. The molecule has 1 saturated carbocycles. The number of rotatable bonds is 5. The van der Waals surface area contributed by atoms with Gasteiger partial charge in [0.25, 0.3) is 0 Å². The van der Waals surface area contributed by atoms with Gasteiger partial charge in [-0.2, -0.15) is 0 Å². The summed E-state index contributed by atoms with van der Waals surface area (Å²) in [5.74, 6) is 0.0134. The molecule has 0 amide bonds. The van der Waals surface area contributed by atoms with E-state index < -0.39 is 0 Å². The monoisotopic (exact) mass is 319 g/mol. The van der Waals surface area contributed by atoms with Gasteiger partial charge in [-0.25, -0.2) is 0 Å². The third-order valence-electron chi connectivity index (χ3n) is 4.04. The molecule has 0 bridgehead atoms. The average Bonchev–Trinajstić information content (AvgIpc) is 2.53. The number of guanidine groups is 1. The largest absolute Gasteiger partial charge is 0.370 e. The standard InChI is InChI=1S/C16H25N5S/c17-15(18)21(11-5-7-13-6-4-10-19-12-13)16(22)20-14-8-2-1-3-9-14/h4,6,10,12,14H,1-3,5,7-9,11H2,(H3,17,18)(H,20,22). The number of nitrogens with one attached hydrogen (secondary N) is 2. The molecule has 0 atom stereocenters. The molecule has 0 aromatic carbocycles. The van der Waals surface area contributed by atoms with Crippen molar-refractivity contribution in [3.63, 3.8) is 0 Å². The van der Waals surface area contributed by atoms with E-state index in [2.05, 4.69) is 16.4 Å². The number of nitrogens with two attached hydrogens (primary N) is 1. The highest BCUT2D eigenvalue weighted by molar-refractivity contribution is 7.80. The van der Waals surface area contributed by atoms with Crippen molar-refractivity contribution in [2.24, 2.45) is 5.73 Å². The van der Waals surface area contributed by atoms with Crippen LogP contribution in [0.15, 0.2) is 24.5 Å². The predicted molar refractivity (Wildman–Crippen MR) is 93.8 cm³/mol. The van der Waals surface area contributed by atoms with E-state index >= 15 is 0 Å². The van der Waals surface area contributed by atoms with Gasteiger partial charge in [0.2, 0.25) is 0 Å². The molecule has 6 heteroatoms. The van der Waals surface area contributed by atoms with Crippen LogP contribution in [0.3, 0.4) is 0 Å². The lowest BCUT2D eigenvalue weighted by molar-refractivity contribution is 0.402. The van der Waals surface area contributed by atoms with Gasteiger partial charge in [0.1, 0.15) is 0 Å². The van der Waals surface area contributed by atoms with Crippen molar-refractivity contribution in [1.29, 1.82) is 5.41 Å². The summed E-state index contributed by atoms with van der Waals surface area (Å²) in [4.78, 5) is 5.81. The Bertz CT molecular complexity index is 485. The quantitative estimate of drug-likeness (QED) is 0.441. The van der Waals surface area contributed by atoms with Crippen molar-refractivity contribution in [2.75, 3.05) is 6.54 Å². The molecule has 1 aliphatic rings. The van der Waals surface area contributed by atoms with E-state index in [0.717, 1.165) is 25.7 Å². The van der Waals surface area contributed by atoms with Crippen molar-refractivity contribution in [3.05, 3.63) is 30.1 Å². The Morgan fingerprint density at radius 1 is 1.41 bits per heavy atom. The average molecular weight is 319 g/mol. The fraction of sp³-hybridized carbons (Fsp3) is 0.562. The highest BCUT2D eigenvalue weighted by atomic mass is 32.1. The van der Waals surface area contributed by atoms with Gasteiger partial charge in [-0.1, -0.05) is 25.3 Å². The van der Waals surface area contributed by atoms with Crippen molar-refractivity contribution < 1.29 is 0 Å². The van der Waals surface area contributed by atoms with Gasteiger partial charge >= 0.3 is 0 Å². The topological polar surface area (TPSA) is 78.0 Å². The minimum absolute atomic E-state index is 0.0134. The first kappa shape index (κ1) is 16.7. The molecular weight excluding hydrogens is 294 g/mol. The number of aromatic nitrogens is 1. The molecule has 1 fully saturated rings. The first-order valence-electron chi connectivity index (χ1n) is 7.98. The zero-order valence-electron chi connectivity index (χ0n) is 12.9. The molecule has 0 aliphatic heterocycles. The summed E-state index contributed by atoms with van der Waals surface area (Å²) in [6.07, 6.45) is 11.6. The molecule has 1 aromatic rings. The SMILES string of the molecule is N=C(N)N(CCCc1cccnc1)C(=S)NC1CCCCC1. The number of nitrogens with zero attached hydrogens (tertiary/aromatic N) is 2. The first-order chi connectivity index (χ1) is 10.7. The number of aryl methyl sites for hydroxylation is 1. The summed E-state index contributed by atoms with van der Waals surface area (Å²) in [5.41, 5.74) is 6.88. The van der Waals surface area contributed by atoms with Crippen molar-refractivity contribution >= 4 is 23.3 Å². The number of hydrogen-bond acceptors (Lipinski definition) is 3.